The summed E-state index contributed by atoms with van der Waals surface area (Å²) in [6.45, 7) is 0. The fraction of sp³-hybridized carbons (Fsp3) is 0.333. The molecule has 1 fully saturated rings. The summed E-state index contributed by atoms with van der Waals surface area (Å²) in [5.74, 6) is -0.0214. The van der Waals surface area contributed by atoms with Crippen molar-refractivity contribution in [2.45, 2.75) is 44.0 Å². The Morgan fingerprint density at radius 3 is 2.48 bits per heavy atom. The third-order valence-corrected chi connectivity index (χ3v) is 5.04. The van der Waals surface area contributed by atoms with E-state index < -0.39 is 11.7 Å². The third-order valence-electron chi connectivity index (χ3n) is 4.69. The molecule has 0 bridgehead atoms. The van der Waals surface area contributed by atoms with Crippen molar-refractivity contribution in [3.8, 4) is 5.88 Å². The molecule has 0 saturated heterocycles. The highest BCUT2D eigenvalue weighted by Gasteiger charge is 2.31. The van der Waals surface area contributed by atoms with Gasteiger partial charge in [0.05, 0.1) is 5.56 Å². The molecule has 0 atom stereocenters. The molecule has 0 aliphatic heterocycles. The van der Waals surface area contributed by atoms with Crippen LogP contribution in [0.2, 0.25) is 5.02 Å². The number of rotatable bonds is 5. The monoisotopic (exact) mass is 424 g/mol. The summed E-state index contributed by atoms with van der Waals surface area (Å²) in [5, 5.41) is 3.53. The zero-order valence-corrected chi connectivity index (χ0v) is 16.2. The first-order valence-electron chi connectivity index (χ1n) is 9.24. The Labute approximate surface area is 171 Å². The molecule has 1 saturated carbocycles. The van der Waals surface area contributed by atoms with Crippen LogP contribution >= 0.6 is 11.6 Å². The summed E-state index contributed by atoms with van der Waals surface area (Å²) < 4.78 is 43.4. The zero-order chi connectivity index (χ0) is 20.9. The summed E-state index contributed by atoms with van der Waals surface area (Å²) in [6.07, 6.45) is 2.15. The van der Waals surface area contributed by atoms with E-state index in [1.807, 2.05) is 18.2 Å². The molecule has 1 amide bonds. The lowest BCUT2D eigenvalue weighted by molar-refractivity contribution is -0.137. The van der Waals surface area contributed by atoms with Crippen molar-refractivity contribution < 1.29 is 22.7 Å². The van der Waals surface area contributed by atoms with E-state index in [1.165, 1.54) is 12.1 Å². The number of halogens is 4. The quantitative estimate of drug-likeness (QED) is 0.665. The number of alkyl halides is 3. The SMILES string of the molecule is O=C(/C=C/c1ccccc1Cl)NC1CCC(Oc2ccc(C(F)(F)F)cn2)CC1. The number of amides is 1. The summed E-state index contributed by atoms with van der Waals surface area (Å²) in [7, 11) is 0. The lowest BCUT2D eigenvalue weighted by Crippen LogP contribution is -2.39. The molecule has 1 aromatic heterocycles. The number of carbonyl (C=O) groups excluding carboxylic acids is 1. The van der Waals surface area contributed by atoms with Crippen molar-refractivity contribution in [2.75, 3.05) is 0 Å². The number of carbonyl (C=O) groups is 1. The fourth-order valence-corrected chi connectivity index (χ4v) is 3.34. The molecular weight excluding hydrogens is 405 g/mol. The van der Waals surface area contributed by atoms with Gasteiger partial charge in [-0.3, -0.25) is 4.79 Å². The van der Waals surface area contributed by atoms with Crippen LogP contribution in [0.25, 0.3) is 6.08 Å². The van der Waals surface area contributed by atoms with Crippen LogP contribution in [0.3, 0.4) is 0 Å². The Morgan fingerprint density at radius 2 is 1.86 bits per heavy atom. The molecule has 8 heteroatoms. The van der Waals surface area contributed by atoms with Crippen molar-refractivity contribution in [3.63, 3.8) is 0 Å². The van der Waals surface area contributed by atoms with Crippen LogP contribution in [0.1, 0.15) is 36.8 Å². The van der Waals surface area contributed by atoms with Crippen LogP contribution in [0.15, 0.2) is 48.7 Å². The summed E-state index contributed by atoms with van der Waals surface area (Å²) in [5.41, 5.74) is -0.0356. The van der Waals surface area contributed by atoms with E-state index in [0.29, 0.717) is 17.9 Å². The number of pyridine rings is 1. The standard InChI is InChI=1S/C21H20ClF3N2O2/c22-18-4-2-1-3-14(18)5-11-19(28)27-16-7-9-17(10-8-16)29-20-12-6-15(13-26-20)21(23,24)25/h1-6,11-13,16-17H,7-10H2,(H,27,28)/b11-5+. The molecule has 1 heterocycles. The van der Waals surface area contributed by atoms with E-state index >= 15 is 0 Å². The third kappa shape index (κ3) is 6.22. The Balaban J connectivity index is 1.44. The minimum atomic E-state index is -4.41. The second-order valence-electron chi connectivity index (χ2n) is 6.84. The smallest absolute Gasteiger partial charge is 0.417 e. The second-order valence-corrected chi connectivity index (χ2v) is 7.24. The second kappa shape index (κ2) is 9.31. The number of benzene rings is 1. The van der Waals surface area contributed by atoms with E-state index in [9.17, 15) is 18.0 Å². The number of hydrogen-bond acceptors (Lipinski definition) is 3. The molecule has 3 rings (SSSR count). The van der Waals surface area contributed by atoms with Gasteiger partial charge in [-0.2, -0.15) is 13.2 Å². The molecule has 2 aromatic rings. The maximum absolute atomic E-state index is 12.6. The highest BCUT2D eigenvalue weighted by Crippen LogP contribution is 2.30. The van der Waals surface area contributed by atoms with Crippen LogP contribution < -0.4 is 10.1 Å². The molecule has 0 radical (unpaired) electrons. The van der Waals surface area contributed by atoms with Crippen LogP contribution in [0.4, 0.5) is 13.2 Å². The molecule has 29 heavy (non-hydrogen) atoms. The van der Waals surface area contributed by atoms with Gasteiger partial charge in [0.2, 0.25) is 11.8 Å². The maximum atomic E-state index is 12.6. The van der Waals surface area contributed by atoms with Crippen molar-refractivity contribution in [2.24, 2.45) is 0 Å². The van der Waals surface area contributed by atoms with Gasteiger partial charge in [-0.1, -0.05) is 29.8 Å². The summed E-state index contributed by atoms with van der Waals surface area (Å²) in [4.78, 5) is 15.8. The lowest BCUT2D eigenvalue weighted by atomic mass is 9.93. The molecule has 1 aliphatic rings. The van der Waals surface area contributed by atoms with Crippen molar-refractivity contribution >= 4 is 23.6 Å². The van der Waals surface area contributed by atoms with Crippen LogP contribution in [0.5, 0.6) is 5.88 Å². The van der Waals surface area contributed by atoms with Gasteiger partial charge in [0, 0.05) is 29.4 Å². The first-order valence-corrected chi connectivity index (χ1v) is 9.62. The van der Waals surface area contributed by atoms with Crippen LogP contribution in [-0.2, 0) is 11.0 Å². The largest absolute Gasteiger partial charge is 0.474 e. The first kappa shape index (κ1) is 21.2. The van der Waals surface area contributed by atoms with Crippen LogP contribution in [0, 0.1) is 0 Å². The first-order chi connectivity index (χ1) is 13.8. The van der Waals surface area contributed by atoms with Gasteiger partial charge in [-0.15, -0.1) is 0 Å². The average Bonchev–Trinajstić information content (AvgIpc) is 2.69. The van der Waals surface area contributed by atoms with E-state index in [0.717, 1.165) is 30.7 Å². The molecule has 0 spiro atoms. The van der Waals surface area contributed by atoms with E-state index in [1.54, 1.807) is 12.1 Å². The van der Waals surface area contributed by atoms with Gasteiger partial charge in [-0.25, -0.2) is 4.98 Å². The van der Waals surface area contributed by atoms with E-state index in [4.69, 9.17) is 16.3 Å². The Morgan fingerprint density at radius 1 is 1.14 bits per heavy atom. The molecule has 1 N–H and O–H groups in total. The van der Waals surface area contributed by atoms with Gasteiger partial charge in [0.15, 0.2) is 0 Å². The minimum absolute atomic E-state index is 0.0267. The number of ether oxygens (including phenoxy) is 1. The van der Waals surface area contributed by atoms with Gasteiger partial charge in [0.1, 0.15) is 6.10 Å². The molecule has 1 aromatic carbocycles. The number of nitrogens with one attached hydrogen (secondary N) is 1. The van der Waals surface area contributed by atoms with Gasteiger partial charge >= 0.3 is 6.18 Å². The Bertz CT molecular complexity index is 861. The normalized spacial score (nSPS) is 19.9. The average molecular weight is 425 g/mol. The van der Waals surface area contributed by atoms with Crippen LogP contribution in [-0.4, -0.2) is 23.0 Å². The number of aromatic nitrogens is 1. The molecule has 154 valence electrons. The topological polar surface area (TPSA) is 51.2 Å². The predicted octanol–water partition coefficient (Wildman–Crippen LogP) is 5.27. The molecule has 1 aliphatic carbocycles. The predicted molar refractivity (Wildman–Crippen MR) is 105 cm³/mol. The highest BCUT2D eigenvalue weighted by atomic mass is 35.5. The van der Waals surface area contributed by atoms with Gasteiger partial charge < -0.3 is 10.1 Å². The minimum Gasteiger partial charge on any atom is -0.474 e. The van der Waals surface area contributed by atoms with Gasteiger partial charge in [0.25, 0.3) is 0 Å². The number of nitrogens with zero attached hydrogens (tertiary/aromatic N) is 1. The van der Waals surface area contributed by atoms with Crippen molar-refractivity contribution in [1.29, 1.82) is 0 Å². The van der Waals surface area contributed by atoms with E-state index in [-0.39, 0.29) is 23.9 Å². The van der Waals surface area contributed by atoms with E-state index in [2.05, 4.69) is 10.3 Å². The number of hydrogen-bond donors (Lipinski definition) is 1. The summed E-state index contributed by atoms with van der Waals surface area (Å²) >= 11 is 6.06. The van der Waals surface area contributed by atoms with Gasteiger partial charge in [-0.05, 0) is 49.5 Å². The Hall–Kier alpha value is -2.54. The van der Waals surface area contributed by atoms with Crippen molar-refractivity contribution in [3.05, 3.63) is 64.8 Å². The molecule has 0 unspecified atom stereocenters. The molecular formula is C21H20ClF3N2O2. The summed E-state index contributed by atoms with van der Waals surface area (Å²) in [6, 6.07) is 9.46. The fourth-order valence-electron chi connectivity index (χ4n) is 3.14. The zero-order valence-electron chi connectivity index (χ0n) is 15.5. The van der Waals surface area contributed by atoms with Crippen molar-refractivity contribution in [1.82, 2.24) is 10.3 Å². The lowest BCUT2D eigenvalue weighted by Gasteiger charge is -2.29. The Kier molecular flexibility index (Phi) is 6.79. The molecule has 4 nitrogen and oxygen atoms in total. The highest BCUT2D eigenvalue weighted by molar-refractivity contribution is 6.32. The maximum Gasteiger partial charge on any atom is 0.417 e.